The van der Waals surface area contributed by atoms with Crippen LogP contribution in [-0.2, 0) is 20.7 Å². The van der Waals surface area contributed by atoms with Crippen LogP contribution in [0.1, 0.15) is 68.1 Å². The molecule has 4 aromatic rings. The van der Waals surface area contributed by atoms with Gasteiger partial charge in [0.05, 0.1) is 38.5 Å². The predicted molar refractivity (Wildman–Crippen MR) is 217 cm³/mol. The maximum Gasteiger partial charge on any atom is 0.318 e. The number of hydrogen-bond acceptors (Lipinski definition) is 7. The van der Waals surface area contributed by atoms with Gasteiger partial charge >= 0.3 is 6.03 Å². The fraction of sp³-hybridized carbons (Fsp3) is 0.558. The SMILES string of the molecule is CCCC(C=O)COC[N+]1(C)CCC(N2CCN(C(=O)[C@@H](Cc3cc(C)c4[nH]ncc4c3)NC(=O)N3CCC(c4cc5ccccc5[nH]c4=O)CC3)CC2)CC1. The molecule has 3 aliphatic heterocycles. The summed E-state index contributed by atoms with van der Waals surface area (Å²) < 4.78 is 6.89. The highest BCUT2D eigenvalue weighted by atomic mass is 16.5. The van der Waals surface area contributed by atoms with Gasteiger partial charge in [-0.3, -0.25) is 19.6 Å². The lowest BCUT2D eigenvalue weighted by Crippen LogP contribution is -2.60. The molecule has 0 aliphatic carbocycles. The third-order valence-electron chi connectivity index (χ3n) is 12.6. The van der Waals surface area contributed by atoms with Gasteiger partial charge < -0.3 is 34.1 Å². The zero-order valence-electron chi connectivity index (χ0n) is 33.3. The molecule has 5 heterocycles. The maximum atomic E-state index is 14.4. The molecule has 2 aromatic carbocycles. The van der Waals surface area contributed by atoms with Gasteiger partial charge in [-0.1, -0.05) is 37.6 Å². The zero-order chi connectivity index (χ0) is 39.2. The van der Waals surface area contributed by atoms with E-state index in [1.165, 1.54) is 0 Å². The molecular weight excluding hydrogens is 709 g/mol. The zero-order valence-corrected chi connectivity index (χ0v) is 33.3. The molecule has 3 saturated heterocycles. The second kappa shape index (κ2) is 17.7. The van der Waals surface area contributed by atoms with E-state index in [4.69, 9.17) is 4.74 Å². The number of piperidine rings is 2. The van der Waals surface area contributed by atoms with Crippen molar-refractivity contribution in [2.24, 2.45) is 5.92 Å². The van der Waals surface area contributed by atoms with Crippen molar-refractivity contribution in [3.05, 3.63) is 75.7 Å². The predicted octanol–water partition coefficient (Wildman–Crippen LogP) is 4.56. The van der Waals surface area contributed by atoms with Crippen LogP contribution in [0.25, 0.3) is 21.8 Å². The van der Waals surface area contributed by atoms with Gasteiger partial charge in [0.25, 0.3) is 5.56 Å². The molecule has 0 saturated carbocycles. The Morgan fingerprint density at radius 3 is 2.48 bits per heavy atom. The van der Waals surface area contributed by atoms with Crippen LogP contribution >= 0.6 is 0 Å². The number of amides is 3. The van der Waals surface area contributed by atoms with Crippen molar-refractivity contribution in [1.29, 1.82) is 0 Å². The van der Waals surface area contributed by atoms with E-state index in [2.05, 4.69) is 51.5 Å². The number of para-hydroxylation sites is 1. The third kappa shape index (κ3) is 9.16. The Hall–Kier alpha value is -4.59. The fourth-order valence-corrected chi connectivity index (χ4v) is 9.15. The minimum atomic E-state index is -0.720. The number of ether oxygens (including phenoxy) is 1. The van der Waals surface area contributed by atoms with Crippen LogP contribution in [0, 0.1) is 12.8 Å². The number of piperazine rings is 1. The van der Waals surface area contributed by atoms with Crippen molar-refractivity contribution in [2.75, 3.05) is 72.7 Å². The van der Waals surface area contributed by atoms with Gasteiger partial charge in [0, 0.05) is 87.0 Å². The Balaban J connectivity index is 0.958. The van der Waals surface area contributed by atoms with Gasteiger partial charge in [-0.15, -0.1) is 0 Å². The molecule has 3 N–H and O–H groups in total. The van der Waals surface area contributed by atoms with Gasteiger partial charge in [-0.25, -0.2) is 4.79 Å². The highest BCUT2D eigenvalue weighted by Gasteiger charge is 2.37. The smallest absolute Gasteiger partial charge is 0.318 e. The Bertz CT molecular complexity index is 2040. The Kier molecular flexibility index (Phi) is 12.5. The van der Waals surface area contributed by atoms with Crippen molar-refractivity contribution in [3.63, 3.8) is 0 Å². The van der Waals surface area contributed by atoms with Crippen molar-refractivity contribution >= 4 is 40.0 Å². The first-order chi connectivity index (χ1) is 27.1. The minimum absolute atomic E-state index is 0.0207. The number of H-pyrrole nitrogens is 2. The Morgan fingerprint density at radius 1 is 1.00 bits per heavy atom. The molecular formula is C43H59N8O5+. The fourth-order valence-electron chi connectivity index (χ4n) is 9.15. The molecule has 2 aromatic heterocycles. The molecule has 0 bridgehead atoms. The number of quaternary nitrogens is 1. The summed E-state index contributed by atoms with van der Waals surface area (Å²) in [6, 6.07) is 13.4. The Labute approximate surface area is 329 Å². The largest absolute Gasteiger partial charge is 0.338 e. The van der Waals surface area contributed by atoms with E-state index in [9.17, 15) is 19.2 Å². The molecule has 300 valence electrons. The lowest BCUT2D eigenvalue weighted by atomic mass is 9.89. The number of fused-ring (bicyclic) bond motifs is 2. The first-order valence-corrected chi connectivity index (χ1v) is 20.6. The van der Waals surface area contributed by atoms with E-state index < -0.39 is 6.04 Å². The molecule has 7 rings (SSSR count). The van der Waals surface area contributed by atoms with Crippen molar-refractivity contribution < 1.29 is 23.6 Å². The number of pyridine rings is 1. The summed E-state index contributed by atoms with van der Waals surface area (Å²) in [5.41, 5.74) is 4.51. The number of hydrogen-bond donors (Lipinski definition) is 3. The number of nitrogens with zero attached hydrogens (tertiary/aromatic N) is 5. The van der Waals surface area contributed by atoms with Crippen LogP contribution in [0.3, 0.4) is 0 Å². The topological polar surface area (TPSA) is 144 Å². The van der Waals surface area contributed by atoms with Crippen molar-refractivity contribution in [1.82, 2.24) is 35.2 Å². The Morgan fingerprint density at radius 2 is 1.75 bits per heavy atom. The van der Waals surface area contributed by atoms with Gasteiger partial charge in [-0.05, 0) is 66.8 Å². The second-order valence-electron chi connectivity index (χ2n) is 16.7. The molecule has 0 radical (unpaired) electrons. The third-order valence-corrected chi connectivity index (χ3v) is 12.6. The number of aromatic amines is 2. The second-order valence-corrected chi connectivity index (χ2v) is 16.7. The summed E-state index contributed by atoms with van der Waals surface area (Å²) in [4.78, 5) is 61.9. The lowest BCUT2D eigenvalue weighted by Gasteiger charge is -2.46. The summed E-state index contributed by atoms with van der Waals surface area (Å²) in [6.07, 6.45) is 8.54. The maximum absolute atomic E-state index is 14.4. The van der Waals surface area contributed by atoms with E-state index in [1.807, 2.05) is 42.2 Å². The number of benzene rings is 2. The first kappa shape index (κ1) is 39.6. The standard InChI is InChI=1S/C43H58N8O5/c1-4-7-31(27-52)28-56-29-51(3)20-12-36(13-21-51)48-16-18-49(19-17-48)42(54)39(24-32-22-30(2)40-35(23-32)26-44-47-40)46-43(55)50-14-10-33(11-15-50)37-25-34-8-5-6-9-38(34)45-41(37)53/h5-6,8-9,22-23,25-27,31,33,36,39H,4,7,10-21,24,28-29H2,1-3H3,(H2-,44,45,46,47,53,55)/p+1/t31?,36?,39-,51?/m1/s1. The van der Waals surface area contributed by atoms with Crippen LogP contribution in [-0.4, -0.2) is 137 Å². The number of nitrogens with one attached hydrogen (secondary N) is 3. The van der Waals surface area contributed by atoms with Crippen LogP contribution < -0.4 is 10.9 Å². The molecule has 13 heteroatoms. The number of aldehydes is 1. The van der Waals surface area contributed by atoms with E-state index >= 15 is 0 Å². The summed E-state index contributed by atoms with van der Waals surface area (Å²) in [5, 5.41) is 12.4. The first-order valence-electron chi connectivity index (χ1n) is 20.6. The summed E-state index contributed by atoms with van der Waals surface area (Å²) in [6.45, 7) is 11.1. The van der Waals surface area contributed by atoms with Crippen LogP contribution in [0.4, 0.5) is 4.79 Å². The quantitative estimate of drug-likeness (QED) is 0.134. The molecule has 3 fully saturated rings. The number of urea groups is 1. The lowest BCUT2D eigenvalue weighted by molar-refractivity contribution is -0.933. The normalized spacial score (nSPS) is 22.3. The number of aryl methyl sites for hydroxylation is 1. The summed E-state index contributed by atoms with van der Waals surface area (Å²) in [5.74, 6) is -0.0161. The summed E-state index contributed by atoms with van der Waals surface area (Å²) >= 11 is 0. The minimum Gasteiger partial charge on any atom is -0.338 e. The highest BCUT2D eigenvalue weighted by Crippen LogP contribution is 2.28. The average molecular weight is 768 g/mol. The number of carbonyl (C=O) groups is 3. The number of likely N-dealkylation sites (tertiary alicyclic amines) is 2. The molecule has 0 spiro atoms. The van der Waals surface area contributed by atoms with Gasteiger partial charge in [0.2, 0.25) is 5.91 Å². The van der Waals surface area contributed by atoms with Crippen LogP contribution in [0.5, 0.6) is 0 Å². The number of aromatic nitrogens is 3. The molecule has 3 aliphatic rings. The van der Waals surface area contributed by atoms with E-state index in [0.717, 1.165) is 101 Å². The van der Waals surface area contributed by atoms with Crippen molar-refractivity contribution in [3.8, 4) is 0 Å². The number of rotatable bonds is 13. The highest BCUT2D eigenvalue weighted by molar-refractivity contribution is 5.88. The molecule has 13 nitrogen and oxygen atoms in total. The van der Waals surface area contributed by atoms with Crippen LogP contribution in [0.15, 0.2) is 53.5 Å². The van der Waals surface area contributed by atoms with Gasteiger partial charge in [0.1, 0.15) is 12.3 Å². The average Bonchev–Trinajstić information content (AvgIpc) is 3.70. The summed E-state index contributed by atoms with van der Waals surface area (Å²) in [7, 11) is 2.25. The molecule has 1 unspecified atom stereocenters. The van der Waals surface area contributed by atoms with E-state index in [-0.39, 0.29) is 29.3 Å². The van der Waals surface area contributed by atoms with Crippen molar-refractivity contribution in [2.45, 2.75) is 76.8 Å². The van der Waals surface area contributed by atoms with Gasteiger partial charge in [-0.2, -0.15) is 5.10 Å². The van der Waals surface area contributed by atoms with E-state index in [1.54, 1.807) is 11.1 Å². The van der Waals surface area contributed by atoms with Gasteiger partial charge in [0.15, 0.2) is 6.73 Å². The molecule has 2 atom stereocenters. The van der Waals surface area contributed by atoms with Crippen LogP contribution in [0.2, 0.25) is 0 Å². The molecule has 3 amide bonds. The molecule has 56 heavy (non-hydrogen) atoms. The van der Waals surface area contributed by atoms with E-state index in [0.29, 0.717) is 64.8 Å². The monoisotopic (exact) mass is 767 g/mol. The number of carbonyl (C=O) groups excluding carboxylic acids is 3.